The second-order valence-electron chi connectivity index (χ2n) is 8.52. The monoisotopic (exact) mass is 425 g/mol. The molecule has 0 atom stereocenters. The summed E-state index contributed by atoms with van der Waals surface area (Å²) in [5, 5.41) is 8.63. The minimum atomic E-state index is -0.333. The van der Waals surface area contributed by atoms with Crippen molar-refractivity contribution < 1.29 is 4.79 Å². The Morgan fingerprint density at radius 3 is 1.94 bits per heavy atom. The van der Waals surface area contributed by atoms with Gasteiger partial charge in [-0.1, -0.05) is 82.3 Å². The van der Waals surface area contributed by atoms with Crippen LogP contribution in [0, 0.1) is 0 Å². The van der Waals surface area contributed by atoms with Crippen LogP contribution in [0.4, 0.5) is 5.69 Å². The van der Waals surface area contributed by atoms with Gasteiger partial charge in [-0.2, -0.15) is 9.78 Å². The number of hydrogen-bond donors (Lipinski definition) is 1. The molecule has 0 fully saturated rings. The number of nitrogens with one attached hydrogen (secondary N) is 1. The van der Waals surface area contributed by atoms with Crippen LogP contribution in [0.1, 0.15) is 61.1 Å². The highest BCUT2D eigenvalue weighted by atomic mass is 16.2. The van der Waals surface area contributed by atoms with Gasteiger partial charge in [-0.25, -0.2) is 0 Å². The average Bonchev–Trinajstić information content (AvgIpc) is 2.79. The number of rotatable bonds is 5. The molecule has 0 aliphatic rings. The third-order valence-corrected chi connectivity index (χ3v) is 5.63. The number of amides is 1. The van der Waals surface area contributed by atoms with Crippen molar-refractivity contribution in [2.75, 3.05) is 5.32 Å². The zero-order valence-electron chi connectivity index (χ0n) is 18.8. The molecule has 5 heteroatoms. The number of nitrogens with zero attached hydrogens (tertiary/aromatic N) is 2. The lowest BCUT2D eigenvalue weighted by Gasteiger charge is -2.20. The van der Waals surface area contributed by atoms with E-state index in [1.165, 1.54) is 4.68 Å². The molecular weight excluding hydrogens is 398 g/mol. The van der Waals surface area contributed by atoms with E-state index in [-0.39, 0.29) is 29.0 Å². The molecule has 0 radical (unpaired) electrons. The Balaban J connectivity index is 1.89. The minimum Gasteiger partial charge on any atom is -0.320 e. The maximum atomic E-state index is 13.6. The summed E-state index contributed by atoms with van der Waals surface area (Å²) in [6.45, 7) is 8.44. The van der Waals surface area contributed by atoms with E-state index in [1.54, 1.807) is 30.3 Å². The summed E-state index contributed by atoms with van der Waals surface area (Å²) in [6.07, 6.45) is 0. The van der Waals surface area contributed by atoms with Crippen molar-refractivity contribution in [1.29, 1.82) is 0 Å². The number of hydrogen-bond acceptors (Lipinski definition) is 3. The first-order valence-corrected chi connectivity index (χ1v) is 10.9. The minimum absolute atomic E-state index is 0.220. The van der Waals surface area contributed by atoms with Crippen molar-refractivity contribution in [3.05, 3.63) is 100.0 Å². The predicted molar refractivity (Wildman–Crippen MR) is 130 cm³/mol. The van der Waals surface area contributed by atoms with Gasteiger partial charge in [0.05, 0.1) is 11.1 Å². The van der Waals surface area contributed by atoms with E-state index in [1.807, 2.05) is 42.5 Å². The molecule has 1 N–H and O–H groups in total. The molecule has 4 rings (SSSR count). The molecule has 1 amide bonds. The summed E-state index contributed by atoms with van der Waals surface area (Å²) in [7, 11) is 0. The third kappa shape index (κ3) is 3.94. The number of para-hydroxylation sites is 2. The van der Waals surface area contributed by atoms with Crippen LogP contribution in [-0.2, 0) is 0 Å². The standard InChI is InChI=1S/C27H27N3O2/c1-17(2)20-15-10-16-21(18(3)4)24(20)28-26(31)25-22-13-8-9-14-23(22)27(32)30(29-25)19-11-6-5-7-12-19/h5-18H,1-4H3,(H,28,31). The molecule has 0 bridgehead atoms. The van der Waals surface area contributed by atoms with Gasteiger partial charge in [0, 0.05) is 11.1 Å². The Hall–Kier alpha value is -3.73. The molecule has 3 aromatic carbocycles. The first-order valence-electron chi connectivity index (χ1n) is 10.9. The largest absolute Gasteiger partial charge is 0.320 e. The maximum Gasteiger partial charge on any atom is 0.279 e. The van der Waals surface area contributed by atoms with Crippen LogP contribution in [0.25, 0.3) is 16.5 Å². The number of aromatic nitrogens is 2. The van der Waals surface area contributed by atoms with Gasteiger partial charge >= 0.3 is 0 Å². The smallest absolute Gasteiger partial charge is 0.279 e. The van der Waals surface area contributed by atoms with Gasteiger partial charge in [-0.15, -0.1) is 0 Å². The van der Waals surface area contributed by atoms with Crippen LogP contribution < -0.4 is 10.9 Å². The van der Waals surface area contributed by atoms with Crippen molar-refractivity contribution in [1.82, 2.24) is 9.78 Å². The maximum absolute atomic E-state index is 13.6. The van der Waals surface area contributed by atoms with Gasteiger partial charge in [0.25, 0.3) is 11.5 Å². The Morgan fingerprint density at radius 2 is 1.34 bits per heavy atom. The molecule has 0 aliphatic carbocycles. The van der Waals surface area contributed by atoms with E-state index in [0.717, 1.165) is 16.8 Å². The number of anilines is 1. The summed E-state index contributed by atoms with van der Waals surface area (Å²) < 4.78 is 1.30. The summed E-state index contributed by atoms with van der Waals surface area (Å²) in [5.41, 5.74) is 3.55. The number of carbonyl (C=O) groups excluding carboxylic acids is 1. The van der Waals surface area contributed by atoms with Crippen molar-refractivity contribution in [2.24, 2.45) is 0 Å². The number of fused-ring (bicyclic) bond motifs is 1. The molecule has 5 nitrogen and oxygen atoms in total. The number of carbonyl (C=O) groups is 1. The Labute approximate surface area is 187 Å². The van der Waals surface area contributed by atoms with Gasteiger partial charge < -0.3 is 5.32 Å². The van der Waals surface area contributed by atoms with Gasteiger partial charge in [-0.3, -0.25) is 9.59 Å². The molecule has 0 saturated heterocycles. The molecule has 0 aliphatic heterocycles. The van der Waals surface area contributed by atoms with E-state index in [0.29, 0.717) is 16.5 Å². The normalized spacial score (nSPS) is 11.3. The first-order chi connectivity index (χ1) is 15.4. The fraction of sp³-hybridized carbons (Fsp3) is 0.222. The molecule has 32 heavy (non-hydrogen) atoms. The van der Waals surface area contributed by atoms with Gasteiger partial charge in [0.1, 0.15) is 0 Å². The van der Waals surface area contributed by atoms with Crippen LogP contribution in [0.2, 0.25) is 0 Å². The van der Waals surface area contributed by atoms with Crippen LogP contribution in [0.15, 0.2) is 77.6 Å². The second-order valence-corrected chi connectivity index (χ2v) is 8.52. The Kier molecular flexibility index (Phi) is 5.91. The Morgan fingerprint density at radius 1 is 0.781 bits per heavy atom. The average molecular weight is 426 g/mol. The molecule has 0 unspecified atom stereocenters. The number of benzene rings is 3. The highest BCUT2D eigenvalue weighted by molar-refractivity contribution is 6.11. The predicted octanol–water partition coefficient (Wildman–Crippen LogP) is 5.88. The van der Waals surface area contributed by atoms with Crippen molar-refractivity contribution in [2.45, 2.75) is 39.5 Å². The topological polar surface area (TPSA) is 64.0 Å². The van der Waals surface area contributed by atoms with Crippen LogP contribution >= 0.6 is 0 Å². The summed E-state index contributed by atoms with van der Waals surface area (Å²) in [4.78, 5) is 26.7. The molecule has 162 valence electrons. The summed E-state index contributed by atoms with van der Waals surface area (Å²) >= 11 is 0. The van der Waals surface area contributed by atoms with E-state index in [2.05, 4.69) is 38.1 Å². The third-order valence-electron chi connectivity index (χ3n) is 5.63. The Bertz CT molecular complexity index is 1310. The van der Waals surface area contributed by atoms with Gasteiger partial charge in [-0.05, 0) is 41.2 Å². The zero-order chi connectivity index (χ0) is 22.8. The molecule has 1 aromatic heterocycles. The molecule has 4 aromatic rings. The van der Waals surface area contributed by atoms with E-state index in [9.17, 15) is 9.59 Å². The van der Waals surface area contributed by atoms with Crippen molar-refractivity contribution >= 4 is 22.4 Å². The fourth-order valence-electron chi connectivity index (χ4n) is 3.97. The molecule has 1 heterocycles. The van der Waals surface area contributed by atoms with Crippen LogP contribution in [-0.4, -0.2) is 15.7 Å². The lowest BCUT2D eigenvalue weighted by Crippen LogP contribution is -2.27. The zero-order valence-corrected chi connectivity index (χ0v) is 18.8. The highest BCUT2D eigenvalue weighted by Crippen LogP contribution is 2.33. The van der Waals surface area contributed by atoms with E-state index >= 15 is 0 Å². The first kappa shape index (κ1) is 21.5. The van der Waals surface area contributed by atoms with E-state index in [4.69, 9.17) is 0 Å². The molecular formula is C27H27N3O2. The van der Waals surface area contributed by atoms with Crippen molar-refractivity contribution in [3.8, 4) is 5.69 Å². The highest BCUT2D eigenvalue weighted by Gasteiger charge is 2.21. The van der Waals surface area contributed by atoms with Crippen LogP contribution in [0.5, 0.6) is 0 Å². The lowest BCUT2D eigenvalue weighted by atomic mass is 9.92. The summed E-state index contributed by atoms with van der Waals surface area (Å²) in [6, 6.07) is 22.4. The fourth-order valence-corrected chi connectivity index (χ4v) is 3.97. The van der Waals surface area contributed by atoms with Gasteiger partial charge in [0.2, 0.25) is 0 Å². The van der Waals surface area contributed by atoms with Gasteiger partial charge in [0.15, 0.2) is 5.69 Å². The molecule has 0 spiro atoms. The summed E-state index contributed by atoms with van der Waals surface area (Å²) in [5.74, 6) is 0.153. The molecule has 0 saturated carbocycles. The van der Waals surface area contributed by atoms with Crippen LogP contribution in [0.3, 0.4) is 0 Å². The second kappa shape index (κ2) is 8.79. The quantitative estimate of drug-likeness (QED) is 0.434. The van der Waals surface area contributed by atoms with Crippen molar-refractivity contribution in [3.63, 3.8) is 0 Å². The van der Waals surface area contributed by atoms with E-state index < -0.39 is 0 Å². The lowest BCUT2D eigenvalue weighted by molar-refractivity contribution is 0.102. The SMILES string of the molecule is CC(C)c1cccc(C(C)C)c1NC(=O)c1nn(-c2ccccc2)c(=O)c2ccccc12.